The maximum atomic E-state index is 13.6. The summed E-state index contributed by atoms with van der Waals surface area (Å²) in [6.45, 7) is 0.212. The highest BCUT2D eigenvalue weighted by atomic mass is 32.2. The van der Waals surface area contributed by atoms with Gasteiger partial charge in [0.15, 0.2) is 0 Å². The number of rotatable bonds is 4. The van der Waals surface area contributed by atoms with E-state index in [0.29, 0.717) is 12.8 Å². The van der Waals surface area contributed by atoms with Gasteiger partial charge < -0.3 is 10.8 Å². The molecule has 1 aromatic rings. The first-order valence-corrected chi connectivity index (χ1v) is 7.59. The van der Waals surface area contributed by atoms with Crippen molar-refractivity contribution in [1.29, 1.82) is 0 Å². The number of halogens is 1. The molecule has 19 heavy (non-hydrogen) atoms. The lowest BCUT2D eigenvalue weighted by Gasteiger charge is -2.12. The smallest absolute Gasteiger partial charge is 0.243 e. The number of aliphatic hydroxyl groups excluding tert-OH is 1. The SMILES string of the molecule is Nc1ccc(S(=O)(=O)NCC2CCC(O)C2)c(F)c1. The zero-order valence-electron chi connectivity index (χ0n) is 10.3. The fourth-order valence-corrected chi connectivity index (χ4v) is 3.45. The molecule has 2 rings (SSSR count). The Morgan fingerprint density at radius 2 is 2.16 bits per heavy atom. The van der Waals surface area contributed by atoms with Crippen LogP contribution in [0, 0.1) is 11.7 Å². The molecule has 2 unspecified atom stereocenters. The van der Waals surface area contributed by atoms with E-state index >= 15 is 0 Å². The molecule has 1 fully saturated rings. The molecule has 0 aliphatic heterocycles. The monoisotopic (exact) mass is 288 g/mol. The highest BCUT2D eigenvalue weighted by molar-refractivity contribution is 7.89. The van der Waals surface area contributed by atoms with Crippen LogP contribution in [0.3, 0.4) is 0 Å². The van der Waals surface area contributed by atoms with Crippen LogP contribution in [-0.4, -0.2) is 26.2 Å². The van der Waals surface area contributed by atoms with Crippen LogP contribution in [0.5, 0.6) is 0 Å². The van der Waals surface area contributed by atoms with Crippen molar-refractivity contribution in [1.82, 2.24) is 4.72 Å². The highest BCUT2D eigenvalue weighted by Crippen LogP contribution is 2.25. The molecule has 106 valence electrons. The molecule has 1 saturated carbocycles. The van der Waals surface area contributed by atoms with Crippen molar-refractivity contribution in [2.24, 2.45) is 5.92 Å². The normalized spacial score (nSPS) is 23.7. The maximum Gasteiger partial charge on any atom is 0.243 e. The van der Waals surface area contributed by atoms with Crippen molar-refractivity contribution in [2.75, 3.05) is 12.3 Å². The van der Waals surface area contributed by atoms with E-state index in [1.54, 1.807) is 0 Å². The number of aliphatic hydroxyl groups is 1. The molecule has 4 N–H and O–H groups in total. The second-order valence-electron chi connectivity index (χ2n) is 4.87. The molecule has 5 nitrogen and oxygen atoms in total. The van der Waals surface area contributed by atoms with E-state index in [2.05, 4.69) is 4.72 Å². The van der Waals surface area contributed by atoms with E-state index in [0.717, 1.165) is 18.6 Å². The van der Waals surface area contributed by atoms with Gasteiger partial charge in [0, 0.05) is 12.2 Å². The van der Waals surface area contributed by atoms with Crippen LogP contribution in [0.4, 0.5) is 10.1 Å². The van der Waals surface area contributed by atoms with Crippen molar-refractivity contribution < 1.29 is 17.9 Å². The van der Waals surface area contributed by atoms with Crippen LogP contribution in [0.2, 0.25) is 0 Å². The van der Waals surface area contributed by atoms with Crippen molar-refractivity contribution in [3.05, 3.63) is 24.0 Å². The molecule has 0 heterocycles. The minimum atomic E-state index is -3.87. The lowest BCUT2D eigenvalue weighted by Crippen LogP contribution is -2.29. The summed E-state index contributed by atoms with van der Waals surface area (Å²) in [6, 6.07) is 3.47. The predicted octanol–water partition coefficient (Wildman–Crippen LogP) is 0.847. The lowest BCUT2D eigenvalue weighted by atomic mass is 10.1. The van der Waals surface area contributed by atoms with E-state index in [1.165, 1.54) is 6.07 Å². The van der Waals surface area contributed by atoms with Crippen LogP contribution >= 0.6 is 0 Å². The highest BCUT2D eigenvalue weighted by Gasteiger charge is 2.25. The molecule has 2 atom stereocenters. The average Bonchev–Trinajstić information content (AvgIpc) is 2.72. The molecule has 7 heteroatoms. The van der Waals surface area contributed by atoms with Crippen molar-refractivity contribution in [3.8, 4) is 0 Å². The third kappa shape index (κ3) is 3.43. The minimum absolute atomic E-state index is 0.0987. The van der Waals surface area contributed by atoms with Crippen LogP contribution in [0.25, 0.3) is 0 Å². The van der Waals surface area contributed by atoms with Gasteiger partial charge in [0.25, 0.3) is 0 Å². The Hall–Kier alpha value is -1.18. The van der Waals surface area contributed by atoms with Gasteiger partial charge >= 0.3 is 0 Å². The number of nitrogen functional groups attached to an aromatic ring is 1. The quantitative estimate of drug-likeness (QED) is 0.716. The molecule has 1 aliphatic carbocycles. The van der Waals surface area contributed by atoms with E-state index in [-0.39, 0.29) is 24.3 Å². The van der Waals surface area contributed by atoms with Crippen LogP contribution in [0.15, 0.2) is 23.1 Å². The summed E-state index contributed by atoms with van der Waals surface area (Å²) in [4.78, 5) is -0.403. The van der Waals surface area contributed by atoms with E-state index in [4.69, 9.17) is 5.73 Å². The van der Waals surface area contributed by atoms with Crippen LogP contribution < -0.4 is 10.5 Å². The van der Waals surface area contributed by atoms with Gasteiger partial charge in [-0.25, -0.2) is 17.5 Å². The number of hydrogen-bond donors (Lipinski definition) is 3. The van der Waals surface area contributed by atoms with Gasteiger partial charge in [-0.1, -0.05) is 0 Å². The standard InChI is InChI=1S/C12H17FN2O3S/c13-11-6-9(14)2-4-12(11)19(17,18)15-7-8-1-3-10(16)5-8/h2,4,6,8,10,15-16H,1,3,5,7,14H2. The first-order valence-electron chi connectivity index (χ1n) is 6.11. The molecule has 0 amide bonds. The molecular weight excluding hydrogens is 271 g/mol. The molecule has 0 saturated heterocycles. The summed E-state index contributed by atoms with van der Waals surface area (Å²) in [5.41, 5.74) is 5.55. The van der Waals surface area contributed by atoms with Crippen molar-refractivity contribution in [3.63, 3.8) is 0 Å². The van der Waals surface area contributed by atoms with Gasteiger partial charge in [-0.15, -0.1) is 0 Å². The molecule has 0 radical (unpaired) electrons. The number of anilines is 1. The number of nitrogens with two attached hydrogens (primary N) is 1. The first-order chi connectivity index (χ1) is 8.88. The van der Waals surface area contributed by atoms with E-state index in [9.17, 15) is 17.9 Å². The number of hydrogen-bond acceptors (Lipinski definition) is 4. The van der Waals surface area contributed by atoms with Gasteiger partial charge in [-0.3, -0.25) is 0 Å². The van der Waals surface area contributed by atoms with Crippen molar-refractivity contribution >= 4 is 15.7 Å². The fourth-order valence-electron chi connectivity index (χ4n) is 2.27. The molecule has 1 aromatic carbocycles. The Morgan fingerprint density at radius 3 is 2.74 bits per heavy atom. The maximum absolute atomic E-state index is 13.6. The van der Waals surface area contributed by atoms with Gasteiger partial charge in [-0.05, 0) is 43.4 Å². The summed E-state index contributed by atoms with van der Waals surface area (Å²) in [6.07, 6.45) is 1.67. The third-order valence-electron chi connectivity index (χ3n) is 3.32. The topological polar surface area (TPSA) is 92.4 Å². The fraction of sp³-hybridized carbons (Fsp3) is 0.500. The molecule has 0 bridgehead atoms. The average molecular weight is 288 g/mol. The van der Waals surface area contributed by atoms with Gasteiger partial charge in [0.2, 0.25) is 10.0 Å². The summed E-state index contributed by atoms with van der Waals surface area (Å²) in [7, 11) is -3.87. The number of sulfonamides is 1. The first kappa shape index (κ1) is 14.2. The van der Waals surface area contributed by atoms with Gasteiger partial charge in [-0.2, -0.15) is 0 Å². The van der Waals surface area contributed by atoms with Crippen LogP contribution in [0.1, 0.15) is 19.3 Å². The molecule has 1 aliphatic rings. The lowest BCUT2D eigenvalue weighted by molar-refractivity contribution is 0.178. The Balaban J connectivity index is 2.06. The zero-order valence-corrected chi connectivity index (χ0v) is 11.2. The molecule has 0 spiro atoms. The summed E-state index contributed by atoms with van der Waals surface area (Å²) < 4.78 is 39.8. The van der Waals surface area contributed by atoms with Gasteiger partial charge in [0.1, 0.15) is 10.7 Å². The van der Waals surface area contributed by atoms with Gasteiger partial charge in [0.05, 0.1) is 6.10 Å². The van der Waals surface area contributed by atoms with E-state index in [1.807, 2.05) is 0 Å². The second kappa shape index (κ2) is 5.44. The molecule has 0 aromatic heterocycles. The Kier molecular flexibility index (Phi) is 4.07. The van der Waals surface area contributed by atoms with E-state index < -0.39 is 20.7 Å². The Bertz CT molecular complexity index is 562. The summed E-state index contributed by atoms with van der Waals surface area (Å²) in [5, 5.41) is 9.37. The summed E-state index contributed by atoms with van der Waals surface area (Å²) >= 11 is 0. The largest absolute Gasteiger partial charge is 0.399 e. The summed E-state index contributed by atoms with van der Waals surface area (Å²) in [5.74, 6) is -0.763. The third-order valence-corrected chi connectivity index (χ3v) is 4.78. The Morgan fingerprint density at radius 1 is 1.42 bits per heavy atom. The number of benzene rings is 1. The minimum Gasteiger partial charge on any atom is -0.399 e. The van der Waals surface area contributed by atoms with Crippen LogP contribution in [-0.2, 0) is 10.0 Å². The number of nitrogens with one attached hydrogen (secondary N) is 1. The zero-order chi connectivity index (χ0) is 14.0. The Labute approximate surface area is 111 Å². The predicted molar refractivity (Wildman–Crippen MR) is 69.3 cm³/mol. The second-order valence-corrected chi connectivity index (χ2v) is 6.61. The van der Waals surface area contributed by atoms with Crippen molar-refractivity contribution in [2.45, 2.75) is 30.3 Å². The molecular formula is C12H17FN2O3S.